The molecule has 1 aromatic heterocycles. The standard InChI is InChI=1S/C8H11ClN4O2/c1-6(3-10-2)4-12-5-7(9)8(11-12)13(14)15/h5,10H,1,3-4H2,2H3. The van der Waals surface area contributed by atoms with Gasteiger partial charge in [-0.25, -0.2) is 0 Å². The van der Waals surface area contributed by atoms with Gasteiger partial charge in [0.05, 0.1) is 17.8 Å². The van der Waals surface area contributed by atoms with Crippen molar-refractivity contribution in [1.29, 1.82) is 0 Å². The normalized spacial score (nSPS) is 10.3. The monoisotopic (exact) mass is 230 g/mol. The lowest BCUT2D eigenvalue weighted by Gasteiger charge is -2.00. The highest BCUT2D eigenvalue weighted by Crippen LogP contribution is 2.21. The predicted molar refractivity (Wildman–Crippen MR) is 57.0 cm³/mol. The van der Waals surface area contributed by atoms with Crippen LogP contribution in [0.2, 0.25) is 5.02 Å². The van der Waals surface area contributed by atoms with Gasteiger partial charge in [-0.1, -0.05) is 18.2 Å². The number of nitrogens with one attached hydrogen (secondary N) is 1. The molecule has 6 nitrogen and oxygen atoms in total. The molecule has 1 rings (SSSR count). The molecule has 0 atom stereocenters. The molecule has 0 aliphatic carbocycles. The number of nitrogens with zero attached hydrogens (tertiary/aromatic N) is 3. The molecule has 0 aliphatic heterocycles. The second-order valence-corrected chi connectivity index (χ2v) is 3.44. The second kappa shape index (κ2) is 4.90. The maximum atomic E-state index is 10.5. The van der Waals surface area contributed by atoms with Gasteiger partial charge in [0.1, 0.15) is 0 Å². The fourth-order valence-electron chi connectivity index (χ4n) is 1.13. The highest BCUT2D eigenvalue weighted by Gasteiger charge is 2.18. The maximum Gasteiger partial charge on any atom is 0.408 e. The summed E-state index contributed by atoms with van der Waals surface area (Å²) < 4.78 is 1.40. The zero-order chi connectivity index (χ0) is 11.4. The van der Waals surface area contributed by atoms with Crippen molar-refractivity contribution in [3.8, 4) is 0 Å². The van der Waals surface area contributed by atoms with E-state index < -0.39 is 4.92 Å². The fourth-order valence-corrected chi connectivity index (χ4v) is 1.35. The average Bonchev–Trinajstić information content (AvgIpc) is 2.47. The molecule has 0 saturated carbocycles. The van der Waals surface area contributed by atoms with Gasteiger partial charge in [-0.15, -0.1) is 0 Å². The molecule has 0 radical (unpaired) electrons. The van der Waals surface area contributed by atoms with Crippen molar-refractivity contribution in [3.05, 3.63) is 33.5 Å². The van der Waals surface area contributed by atoms with Crippen LogP contribution in [-0.4, -0.2) is 28.3 Å². The van der Waals surface area contributed by atoms with Crippen LogP contribution < -0.4 is 5.32 Å². The summed E-state index contributed by atoms with van der Waals surface area (Å²) in [4.78, 5) is 9.85. The molecule has 82 valence electrons. The van der Waals surface area contributed by atoms with E-state index in [4.69, 9.17) is 11.6 Å². The Labute approximate surface area is 91.7 Å². The third kappa shape index (κ3) is 3.03. The topological polar surface area (TPSA) is 73.0 Å². The molecule has 1 aromatic rings. The SMILES string of the molecule is C=C(CNC)Cn1cc(Cl)c([N+](=O)[O-])n1. The summed E-state index contributed by atoms with van der Waals surface area (Å²) in [5.41, 5.74) is 0.867. The molecule has 0 fully saturated rings. The lowest BCUT2D eigenvalue weighted by Crippen LogP contribution is -2.14. The van der Waals surface area contributed by atoms with Crippen LogP contribution in [0.4, 0.5) is 5.82 Å². The Morgan fingerprint density at radius 3 is 3.00 bits per heavy atom. The predicted octanol–water partition coefficient (Wildman–Crippen LogP) is 1.22. The first kappa shape index (κ1) is 11.7. The van der Waals surface area contributed by atoms with Crippen LogP contribution in [0.5, 0.6) is 0 Å². The van der Waals surface area contributed by atoms with E-state index in [-0.39, 0.29) is 10.8 Å². The van der Waals surface area contributed by atoms with E-state index in [2.05, 4.69) is 17.0 Å². The Balaban J connectivity index is 2.75. The summed E-state index contributed by atoms with van der Waals surface area (Å²) in [5.74, 6) is -0.325. The third-order valence-electron chi connectivity index (χ3n) is 1.68. The fraction of sp³-hybridized carbons (Fsp3) is 0.375. The Bertz CT molecular complexity index is 388. The van der Waals surface area contributed by atoms with Crippen LogP contribution in [0.3, 0.4) is 0 Å². The molecule has 0 spiro atoms. The summed E-state index contributed by atoms with van der Waals surface area (Å²) in [6.45, 7) is 4.83. The van der Waals surface area contributed by atoms with E-state index in [0.29, 0.717) is 13.1 Å². The smallest absolute Gasteiger partial charge is 0.358 e. The van der Waals surface area contributed by atoms with Crippen molar-refractivity contribution in [1.82, 2.24) is 15.1 Å². The zero-order valence-corrected chi connectivity index (χ0v) is 8.99. The van der Waals surface area contributed by atoms with Crippen molar-refractivity contribution >= 4 is 17.4 Å². The summed E-state index contributed by atoms with van der Waals surface area (Å²) in [5, 5.41) is 17.1. The van der Waals surface area contributed by atoms with Gasteiger partial charge in [-0.05, 0) is 17.5 Å². The van der Waals surface area contributed by atoms with E-state index >= 15 is 0 Å². The number of hydrogen-bond donors (Lipinski definition) is 1. The first-order valence-electron chi connectivity index (χ1n) is 4.23. The minimum Gasteiger partial charge on any atom is -0.358 e. The van der Waals surface area contributed by atoms with Crippen LogP contribution in [0.25, 0.3) is 0 Å². The van der Waals surface area contributed by atoms with Gasteiger partial charge in [-0.3, -0.25) is 0 Å². The van der Waals surface area contributed by atoms with E-state index in [1.54, 1.807) is 7.05 Å². The molecule has 0 amide bonds. The van der Waals surface area contributed by atoms with Gasteiger partial charge in [0, 0.05) is 6.54 Å². The van der Waals surface area contributed by atoms with E-state index in [9.17, 15) is 10.1 Å². The minimum atomic E-state index is -0.611. The van der Waals surface area contributed by atoms with Crippen molar-refractivity contribution in [3.63, 3.8) is 0 Å². The molecule has 1 N–H and O–H groups in total. The highest BCUT2D eigenvalue weighted by molar-refractivity contribution is 6.32. The summed E-state index contributed by atoms with van der Waals surface area (Å²) in [7, 11) is 1.80. The van der Waals surface area contributed by atoms with Crippen LogP contribution in [0.15, 0.2) is 18.3 Å². The second-order valence-electron chi connectivity index (χ2n) is 3.04. The average molecular weight is 231 g/mol. The Morgan fingerprint density at radius 2 is 2.53 bits per heavy atom. The van der Waals surface area contributed by atoms with E-state index in [0.717, 1.165) is 5.57 Å². The molecule has 15 heavy (non-hydrogen) atoms. The Kier molecular flexibility index (Phi) is 3.81. The molecular weight excluding hydrogens is 220 g/mol. The van der Waals surface area contributed by atoms with Gasteiger partial charge >= 0.3 is 5.82 Å². The molecule has 7 heteroatoms. The van der Waals surface area contributed by atoms with Gasteiger partial charge in [0.15, 0.2) is 5.02 Å². The molecule has 0 bridgehead atoms. The lowest BCUT2D eigenvalue weighted by molar-refractivity contribution is -0.389. The molecule has 1 heterocycles. The molecule has 0 aliphatic rings. The molecule has 0 aromatic carbocycles. The molecule has 0 unspecified atom stereocenters. The third-order valence-corrected chi connectivity index (χ3v) is 1.95. The number of nitro groups is 1. The lowest BCUT2D eigenvalue weighted by atomic mass is 10.3. The van der Waals surface area contributed by atoms with Gasteiger partial charge in [0.2, 0.25) is 0 Å². The van der Waals surface area contributed by atoms with E-state index in [1.807, 2.05) is 0 Å². The number of likely N-dealkylation sites (N-methyl/N-ethyl adjacent to an activating group) is 1. The summed E-state index contributed by atoms with van der Waals surface area (Å²) >= 11 is 5.63. The number of aromatic nitrogens is 2. The van der Waals surface area contributed by atoms with Gasteiger partial charge in [-0.2, -0.15) is 4.68 Å². The van der Waals surface area contributed by atoms with Crippen LogP contribution in [0, 0.1) is 10.1 Å². The molecule has 0 saturated heterocycles. The first-order chi connectivity index (χ1) is 7.04. The van der Waals surface area contributed by atoms with E-state index in [1.165, 1.54) is 10.9 Å². The van der Waals surface area contributed by atoms with Crippen molar-refractivity contribution in [2.45, 2.75) is 6.54 Å². The van der Waals surface area contributed by atoms with Crippen molar-refractivity contribution in [2.75, 3.05) is 13.6 Å². The van der Waals surface area contributed by atoms with Gasteiger partial charge < -0.3 is 15.4 Å². The largest absolute Gasteiger partial charge is 0.408 e. The maximum absolute atomic E-state index is 10.5. The Hall–Kier alpha value is -1.40. The van der Waals surface area contributed by atoms with Crippen LogP contribution in [0.1, 0.15) is 0 Å². The summed E-state index contributed by atoms with van der Waals surface area (Å²) in [6, 6.07) is 0. The van der Waals surface area contributed by atoms with Crippen molar-refractivity contribution in [2.24, 2.45) is 0 Å². The number of halogens is 1. The highest BCUT2D eigenvalue weighted by atomic mass is 35.5. The number of rotatable bonds is 5. The first-order valence-corrected chi connectivity index (χ1v) is 4.61. The van der Waals surface area contributed by atoms with Crippen LogP contribution >= 0.6 is 11.6 Å². The summed E-state index contributed by atoms with van der Waals surface area (Å²) in [6.07, 6.45) is 1.42. The Morgan fingerprint density at radius 1 is 1.87 bits per heavy atom. The number of hydrogen-bond acceptors (Lipinski definition) is 4. The molecular formula is C8H11ClN4O2. The van der Waals surface area contributed by atoms with Gasteiger partial charge in [0.25, 0.3) is 0 Å². The quantitative estimate of drug-likeness (QED) is 0.469. The van der Waals surface area contributed by atoms with Crippen molar-refractivity contribution < 1.29 is 4.92 Å². The minimum absolute atomic E-state index is 0.0391. The van der Waals surface area contributed by atoms with Crippen LogP contribution in [-0.2, 0) is 6.54 Å². The zero-order valence-electron chi connectivity index (χ0n) is 8.23.